The van der Waals surface area contributed by atoms with Crippen molar-refractivity contribution in [1.29, 1.82) is 0 Å². The Hall–Kier alpha value is -0.130. The molecule has 0 radical (unpaired) electrons. The second-order valence-electron chi connectivity index (χ2n) is 5.71. The molecule has 0 aromatic carbocycles. The van der Waals surface area contributed by atoms with Crippen LogP contribution in [0.15, 0.2) is 0 Å². The van der Waals surface area contributed by atoms with Gasteiger partial charge in [0.1, 0.15) is 0 Å². The van der Waals surface area contributed by atoms with Gasteiger partial charge in [-0.25, -0.2) is 8.42 Å². The number of nitrogens with one attached hydrogen (secondary N) is 1. The predicted molar refractivity (Wildman–Crippen MR) is 67.9 cm³/mol. The molecule has 1 saturated carbocycles. The summed E-state index contributed by atoms with van der Waals surface area (Å²) in [4.78, 5) is 0. The van der Waals surface area contributed by atoms with E-state index in [0.717, 1.165) is 19.3 Å². The Labute approximate surface area is 104 Å². The molecular formula is C12H23NO3S. The molecule has 1 heterocycles. The van der Waals surface area contributed by atoms with Crippen LogP contribution in [-0.2, 0) is 14.6 Å². The van der Waals surface area contributed by atoms with E-state index < -0.39 is 9.84 Å². The second kappa shape index (κ2) is 4.86. The molecule has 1 aliphatic heterocycles. The van der Waals surface area contributed by atoms with Crippen molar-refractivity contribution in [3.8, 4) is 0 Å². The van der Waals surface area contributed by atoms with E-state index in [-0.39, 0.29) is 17.4 Å². The molecule has 1 aliphatic carbocycles. The fourth-order valence-corrected chi connectivity index (χ4v) is 5.22. The first-order valence-corrected chi connectivity index (χ1v) is 8.27. The van der Waals surface area contributed by atoms with Crippen LogP contribution in [0.3, 0.4) is 0 Å². The molecule has 2 fully saturated rings. The Bertz CT molecular complexity index is 368. The zero-order valence-corrected chi connectivity index (χ0v) is 11.6. The molecule has 100 valence electrons. The van der Waals surface area contributed by atoms with E-state index in [2.05, 4.69) is 5.32 Å². The third-order valence-electron chi connectivity index (χ3n) is 4.04. The minimum absolute atomic E-state index is 0.240. The van der Waals surface area contributed by atoms with E-state index in [1.807, 2.05) is 6.92 Å². The monoisotopic (exact) mass is 261 g/mol. The smallest absolute Gasteiger partial charge is 0.152 e. The lowest BCUT2D eigenvalue weighted by Crippen LogP contribution is -2.54. The van der Waals surface area contributed by atoms with Crippen LogP contribution in [0.1, 0.15) is 39.0 Å². The van der Waals surface area contributed by atoms with Gasteiger partial charge in [0.2, 0.25) is 0 Å². The first-order valence-electron chi connectivity index (χ1n) is 6.45. The maximum atomic E-state index is 11.6. The van der Waals surface area contributed by atoms with Crippen LogP contribution in [0, 0.1) is 0 Å². The fraction of sp³-hybridized carbons (Fsp3) is 1.00. The number of sulfone groups is 1. The van der Waals surface area contributed by atoms with E-state index in [1.54, 1.807) is 7.11 Å². The number of methoxy groups -OCH3 is 1. The van der Waals surface area contributed by atoms with Gasteiger partial charge in [-0.15, -0.1) is 0 Å². The van der Waals surface area contributed by atoms with Crippen LogP contribution in [-0.4, -0.2) is 44.7 Å². The summed E-state index contributed by atoms with van der Waals surface area (Å²) in [5.41, 5.74) is -0.252. The summed E-state index contributed by atoms with van der Waals surface area (Å²) in [6.07, 6.45) is 5.56. The topological polar surface area (TPSA) is 55.4 Å². The number of rotatable bonds is 3. The number of hydrogen-bond donors (Lipinski definition) is 1. The quantitative estimate of drug-likeness (QED) is 0.827. The predicted octanol–water partition coefficient (Wildman–Crippen LogP) is 1.11. The third kappa shape index (κ3) is 3.20. The maximum absolute atomic E-state index is 11.6. The lowest BCUT2D eigenvalue weighted by atomic mass is 9.89. The lowest BCUT2D eigenvalue weighted by Gasteiger charge is -2.37. The van der Waals surface area contributed by atoms with Crippen LogP contribution in [0.25, 0.3) is 0 Å². The Balaban J connectivity index is 2.00. The van der Waals surface area contributed by atoms with Crippen molar-refractivity contribution in [3.05, 3.63) is 0 Å². The van der Waals surface area contributed by atoms with Gasteiger partial charge >= 0.3 is 0 Å². The molecule has 3 atom stereocenters. The van der Waals surface area contributed by atoms with E-state index >= 15 is 0 Å². The van der Waals surface area contributed by atoms with Gasteiger partial charge in [0.05, 0.1) is 17.6 Å². The molecule has 4 nitrogen and oxygen atoms in total. The number of hydrogen-bond acceptors (Lipinski definition) is 4. The molecule has 17 heavy (non-hydrogen) atoms. The summed E-state index contributed by atoms with van der Waals surface area (Å²) in [5.74, 6) is 0.591. The molecule has 0 aromatic rings. The van der Waals surface area contributed by atoms with Gasteiger partial charge in [-0.2, -0.15) is 0 Å². The van der Waals surface area contributed by atoms with Crippen molar-refractivity contribution in [2.45, 2.75) is 56.7 Å². The minimum atomic E-state index is -2.83. The SMILES string of the molecule is COC1CCCCC1NC1(C)CCS(=O)(=O)C1. The summed E-state index contributed by atoms with van der Waals surface area (Å²) < 4.78 is 28.6. The average molecular weight is 261 g/mol. The molecule has 0 amide bonds. The molecule has 2 rings (SSSR count). The third-order valence-corrected chi connectivity index (χ3v) is 5.95. The van der Waals surface area contributed by atoms with Crippen molar-refractivity contribution in [2.24, 2.45) is 0 Å². The zero-order chi connectivity index (χ0) is 12.5. The van der Waals surface area contributed by atoms with E-state index in [4.69, 9.17) is 4.74 Å². The van der Waals surface area contributed by atoms with E-state index in [9.17, 15) is 8.42 Å². The summed E-state index contributed by atoms with van der Waals surface area (Å²) in [5, 5.41) is 3.55. The Kier molecular flexibility index (Phi) is 3.80. The molecule has 1 saturated heterocycles. The first-order chi connectivity index (χ1) is 7.94. The Morgan fingerprint density at radius 2 is 2.00 bits per heavy atom. The van der Waals surface area contributed by atoms with Crippen LogP contribution in [0.5, 0.6) is 0 Å². The van der Waals surface area contributed by atoms with Crippen LogP contribution in [0.2, 0.25) is 0 Å². The van der Waals surface area contributed by atoms with Crippen molar-refractivity contribution in [1.82, 2.24) is 5.32 Å². The summed E-state index contributed by atoms with van der Waals surface area (Å²) in [7, 11) is -1.08. The van der Waals surface area contributed by atoms with Gasteiger partial charge in [-0.05, 0) is 26.2 Å². The highest BCUT2D eigenvalue weighted by Gasteiger charge is 2.41. The van der Waals surface area contributed by atoms with E-state index in [1.165, 1.54) is 12.8 Å². The lowest BCUT2D eigenvalue weighted by molar-refractivity contribution is 0.0324. The van der Waals surface area contributed by atoms with Crippen LogP contribution >= 0.6 is 0 Å². The van der Waals surface area contributed by atoms with Crippen molar-refractivity contribution in [3.63, 3.8) is 0 Å². The fourth-order valence-electron chi connectivity index (χ4n) is 3.12. The van der Waals surface area contributed by atoms with Gasteiger partial charge in [0.25, 0.3) is 0 Å². The summed E-state index contributed by atoms with van der Waals surface area (Å²) >= 11 is 0. The molecule has 3 unspecified atom stereocenters. The highest BCUT2D eigenvalue weighted by molar-refractivity contribution is 7.91. The maximum Gasteiger partial charge on any atom is 0.152 e. The van der Waals surface area contributed by atoms with Gasteiger partial charge < -0.3 is 10.1 Å². The van der Waals surface area contributed by atoms with E-state index in [0.29, 0.717) is 11.8 Å². The standard InChI is InChI=1S/C12H23NO3S/c1-12(7-8-17(14,15)9-12)13-10-5-3-4-6-11(10)16-2/h10-11,13H,3-9H2,1-2H3. The van der Waals surface area contributed by atoms with Gasteiger partial charge in [-0.3, -0.25) is 0 Å². The number of ether oxygens (including phenoxy) is 1. The van der Waals surface area contributed by atoms with Crippen molar-refractivity contribution in [2.75, 3.05) is 18.6 Å². The first kappa shape index (κ1) is 13.3. The largest absolute Gasteiger partial charge is 0.380 e. The van der Waals surface area contributed by atoms with Gasteiger partial charge in [0, 0.05) is 18.7 Å². The van der Waals surface area contributed by atoms with Gasteiger partial charge in [-0.1, -0.05) is 12.8 Å². The molecule has 5 heteroatoms. The molecule has 2 aliphatic rings. The normalized spacial score (nSPS) is 41.5. The molecule has 0 spiro atoms. The van der Waals surface area contributed by atoms with Crippen LogP contribution < -0.4 is 5.32 Å². The highest BCUT2D eigenvalue weighted by atomic mass is 32.2. The molecular weight excluding hydrogens is 238 g/mol. The Morgan fingerprint density at radius 1 is 1.29 bits per heavy atom. The average Bonchev–Trinajstić information content (AvgIpc) is 2.53. The van der Waals surface area contributed by atoms with Gasteiger partial charge in [0.15, 0.2) is 9.84 Å². The van der Waals surface area contributed by atoms with Crippen molar-refractivity contribution >= 4 is 9.84 Å². The minimum Gasteiger partial charge on any atom is -0.380 e. The molecule has 0 aromatic heterocycles. The van der Waals surface area contributed by atoms with Crippen molar-refractivity contribution < 1.29 is 13.2 Å². The highest BCUT2D eigenvalue weighted by Crippen LogP contribution is 2.28. The Morgan fingerprint density at radius 3 is 2.59 bits per heavy atom. The molecule has 0 bridgehead atoms. The second-order valence-corrected chi connectivity index (χ2v) is 7.90. The summed E-state index contributed by atoms with van der Waals surface area (Å²) in [6, 6.07) is 0.312. The van der Waals surface area contributed by atoms with Crippen LogP contribution in [0.4, 0.5) is 0 Å². The molecule has 1 N–H and O–H groups in total. The zero-order valence-electron chi connectivity index (χ0n) is 10.7. The summed E-state index contributed by atoms with van der Waals surface area (Å²) in [6.45, 7) is 2.03.